The summed E-state index contributed by atoms with van der Waals surface area (Å²) in [6, 6.07) is 8.82. The molecular weight excluding hydrogens is 333 g/mol. The molecule has 4 nitrogen and oxygen atoms in total. The van der Waals surface area contributed by atoms with Crippen LogP contribution in [0.1, 0.15) is 24.0 Å². The van der Waals surface area contributed by atoms with Gasteiger partial charge in [-0.25, -0.2) is 4.79 Å². The van der Waals surface area contributed by atoms with Crippen molar-refractivity contribution in [1.82, 2.24) is 0 Å². The van der Waals surface area contributed by atoms with Crippen molar-refractivity contribution in [2.75, 3.05) is 16.8 Å². The Morgan fingerprint density at radius 2 is 1.92 bits per heavy atom. The number of hydrogen-bond donors (Lipinski definition) is 2. The standard InChI is InChI=1S/C18H17F3N2O2/c19-18(20,21)13-5-3-6-14(11-13)22-17(25)23-9-2-1-4-12-10-15(24)7-8-16(12)23/h3,5-8,10-11,24H,1-2,4,9H2,(H,22,25). The fourth-order valence-corrected chi connectivity index (χ4v) is 2.92. The average molecular weight is 350 g/mol. The lowest BCUT2D eigenvalue weighted by Crippen LogP contribution is -2.35. The number of fused-ring (bicyclic) bond motifs is 1. The number of phenolic OH excluding ortho intramolecular Hbond substituents is 1. The summed E-state index contributed by atoms with van der Waals surface area (Å²) in [6.07, 6.45) is -2.10. The van der Waals surface area contributed by atoms with Gasteiger partial charge in [0.1, 0.15) is 5.75 Å². The fourth-order valence-electron chi connectivity index (χ4n) is 2.92. The molecule has 0 radical (unpaired) electrons. The third-order valence-corrected chi connectivity index (χ3v) is 4.12. The Kier molecular flexibility index (Phi) is 4.57. The van der Waals surface area contributed by atoms with E-state index in [1.807, 2.05) is 0 Å². The van der Waals surface area contributed by atoms with Crippen LogP contribution in [0.2, 0.25) is 0 Å². The van der Waals surface area contributed by atoms with Gasteiger partial charge in [0.25, 0.3) is 0 Å². The van der Waals surface area contributed by atoms with Gasteiger partial charge >= 0.3 is 12.2 Å². The van der Waals surface area contributed by atoms with Crippen LogP contribution in [0.5, 0.6) is 5.75 Å². The Bertz CT molecular complexity index is 790. The summed E-state index contributed by atoms with van der Waals surface area (Å²) in [5, 5.41) is 12.2. The highest BCUT2D eigenvalue weighted by atomic mass is 19.4. The number of amides is 2. The molecule has 2 amide bonds. The van der Waals surface area contributed by atoms with Gasteiger partial charge in [0.2, 0.25) is 0 Å². The van der Waals surface area contributed by atoms with E-state index in [2.05, 4.69) is 5.32 Å². The van der Waals surface area contributed by atoms with E-state index in [9.17, 15) is 23.1 Å². The van der Waals surface area contributed by atoms with E-state index in [1.54, 1.807) is 12.1 Å². The van der Waals surface area contributed by atoms with Crippen LogP contribution in [0.3, 0.4) is 0 Å². The minimum atomic E-state index is -4.46. The number of phenols is 1. The first kappa shape index (κ1) is 17.1. The smallest absolute Gasteiger partial charge is 0.416 e. The number of aromatic hydroxyl groups is 1. The molecule has 0 saturated carbocycles. The molecule has 2 N–H and O–H groups in total. The van der Waals surface area contributed by atoms with Crippen LogP contribution in [0, 0.1) is 0 Å². The van der Waals surface area contributed by atoms with Crippen LogP contribution in [0.15, 0.2) is 42.5 Å². The van der Waals surface area contributed by atoms with E-state index in [4.69, 9.17) is 0 Å². The number of halogens is 3. The number of carbonyl (C=O) groups is 1. The summed E-state index contributed by atoms with van der Waals surface area (Å²) in [5.41, 5.74) is 0.785. The zero-order chi connectivity index (χ0) is 18.0. The van der Waals surface area contributed by atoms with Gasteiger partial charge in [-0.1, -0.05) is 6.07 Å². The molecule has 0 aliphatic carbocycles. The Morgan fingerprint density at radius 1 is 1.12 bits per heavy atom. The molecule has 0 saturated heterocycles. The van der Waals surface area contributed by atoms with Crippen LogP contribution in [0.25, 0.3) is 0 Å². The Balaban J connectivity index is 1.84. The van der Waals surface area contributed by atoms with E-state index in [1.165, 1.54) is 23.1 Å². The molecule has 2 aromatic rings. The van der Waals surface area contributed by atoms with E-state index < -0.39 is 17.8 Å². The van der Waals surface area contributed by atoms with Gasteiger partial charge in [-0.15, -0.1) is 0 Å². The van der Waals surface area contributed by atoms with Crippen molar-refractivity contribution in [2.45, 2.75) is 25.4 Å². The highest BCUT2D eigenvalue weighted by molar-refractivity contribution is 6.02. The van der Waals surface area contributed by atoms with E-state index in [-0.39, 0.29) is 11.4 Å². The molecule has 7 heteroatoms. The minimum absolute atomic E-state index is 0.0874. The number of alkyl halides is 3. The third kappa shape index (κ3) is 3.87. The van der Waals surface area contributed by atoms with E-state index in [0.717, 1.165) is 37.0 Å². The largest absolute Gasteiger partial charge is 0.508 e. The number of hydrogen-bond acceptors (Lipinski definition) is 2. The molecule has 3 rings (SSSR count). The molecule has 132 valence electrons. The van der Waals surface area contributed by atoms with Crippen LogP contribution in [-0.2, 0) is 12.6 Å². The summed E-state index contributed by atoms with van der Waals surface area (Å²) < 4.78 is 38.4. The maximum Gasteiger partial charge on any atom is 0.416 e. The number of urea groups is 1. The SMILES string of the molecule is O=C(Nc1cccc(C(F)(F)F)c1)N1CCCCc2cc(O)ccc21. The number of benzene rings is 2. The summed E-state index contributed by atoms with van der Waals surface area (Å²) in [6.45, 7) is 0.461. The highest BCUT2D eigenvalue weighted by Gasteiger charge is 2.30. The van der Waals surface area contributed by atoms with Gasteiger partial charge in [-0.2, -0.15) is 13.2 Å². The number of anilines is 2. The summed E-state index contributed by atoms with van der Waals surface area (Å²) in [5.74, 6) is 0.124. The molecule has 1 heterocycles. The first-order valence-electron chi connectivity index (χ1n) is 7.92. The number of carbonyl (C=O) groups excluding carboxylic acids is 1. The number of rotatable bonds is 1. The first-order chi connectivity index (χ1) is 11.8. The van der Waals surface area contributed by atoms with Gasteiger partial charge in [-0.3, -0.25) is 4.90 Å². The summed E-state index contributed by atoms with van der Waals surface area (Å²) >= 11 is 0. The quantitative estimate of drug-likeness (QED) is 0.777. The van der Waals surface area contributed by atoms with Gasteiger partial charge in [0.05, 0.1) is 5.56 Å². The molecule has 25 heavy (non-hydrogen) atoms. The number of nitrogens with one attached hydrogen (secondary N) is 1. The van der Waals surface area contributed by atoms with Crippen molar-refractivity contribution in [1.29, 1.82) is 0 Å². The monoisotopic (exact) mass is 350 g/mol. The average Bonchev–Trinajstić information content (AvgIpc) is 2.76. The normalized spacial score (nSPS) is 14.6. The van der Waals surface area contributed by atoms with Gasteiger partial charge in [0.15, 0.2) is 0 Å². The molecule has 1 aliphatic heterocycles. The zero-order valence-corrected chi connectivity index (χ0v) is 13.3. The van der Waals surface area contributed by atoms with Gasteiger partial charge < -0.3 is 10.4 Å². The lowest BCUT2D eigenvalue weighted by Gasteiger charge is -2.23. The van der Waals surface area contributed by atoms with Crippen molar-refractivity contribution in [3.8, 4) is 5.75 Å². The van der Waals surface area contributed by atoms with E-state index in [0.29, 0.717) is 12.2 Å². The van der Waals surface area contributed by atoms with Crippen molar-refractivity contribution < 1.29 is 23.1 Å². The Morgan fingerprint density at radius 3 is 2.68 bits per heavy atom. The molecule has 0 bridgehead atoms. The zero-order valence-electron chi connectivity index (χ0n) is 13.3. The fraction of sp³-hybridized carbons (Fsp3) is 0.278. The third-order valence-electron chi connectivity index (χ3n) is 4.12. The molecule has 1 aliphatic rings. The molecule has 0 fully saturated rings. The lowest BCUT2D eigenvalue weighted by molar-refractivity contribution is -0.137. The molecule has 0 aromatic heterocycles. The van der Waals surface area contributed by atoms with Crippen molar-refractivity contribution in [3.63, 3.8) is 0 Å². The molecule has 0 unspecified atom stereocenters. The second-order valence-corrected chi connectivity index (χ2v) is 5.93. The van der Waals surface area contributed by atoms with Gasteiger partial charge in [0, 0.05) is 17.9 Å². The maximum absolute atomic E-state index is 12.8. The summed E-state index contributed by atoms with van der Waals surface area (Å²) in [7, 11) is 0. The second-order valence-electron chi connectivity index (χ2n) is 5.93. The second kappa shape index (κ2) is 6.66. The van der Waals surface area contributed by atoms with Crippen molar-refractivity contribution >= 4 is 17.4 Å². The van der Waals surface area contributed by atoms with E-state index >= 15 is 0 Å². The van der Waals surface area contributed by atoms with Crippen LogP contribution >= 0.6 is 0 Å². The van der Waals surface area contributed by atoms with Crippen LogP contribution in [0.4, 0.5) is 29.3 Å². The predicted octanol–water partition coefficient (Wildman–Crippen LogP) is 4.79. The topological polar surface area (TPSA) is 52.6 Å². The Hall–Kier alpha value is -2.70. The number of aryl methyl sites for hydroxylation is 1. The summed E-state index contributed by atoms with van der Waals surface area (Å²) in [4.78, 5) is 14.1. The lowest BCUT2D eigenvalue weighted by atomic mass is 10.1. The number of nitrogens with zero attached hydrogens (tertiary/aromatic N) is 1. The first-order valence-corrected chi connectivity index (χ1v) is 7.92. The Labute approximate surface area is 142 Å². The van der Waals surface area contributed by atoms with Crippen LogP contribution in [-0.4, -0.2) is 17.7 Å². The molecule has 0 spiro atoms. The van der Waals surface area contributed by atoms with Crippen molar-refractivity contribution in [3.05, 3.63) is 53.6 Å². The van der Waals surface area contributed by atoms with Crippen LogP contribution < -0.4 is 10.2 Å². The minimum Gasteiger partial charge on any atom is -0.508 e. The van der Waals surface area contributed by atoms with Crippen molar-refractivity contribution in [2.24, 2.45) is 0 Å². The molecule has 0 atom stereocenters. The molecule has 2 aromatic carbocycles. The predicted molar refractivity (Wildman–Crippen MR) is 88.9 cm³/mol. The molecular formula is C18H17F3N2O2. The maximum atomic E-state index is 12.8. The van der Waals surface area contributed by atoms with Gasteiger partial charge in [-0.05, 0) is 61.2 Å². The highest BCUT2D eigenvalue weighted by Crippen LogP contribution is 2.32.